The summed E-state index contributed by atoms with van der Waals surface area (Å²) in [7, 11) is -3.59. The van der Waals surface area contributed by atoms with Crippen LogP contribution in [-0.2, 0) is 33.0 Å². The van der Waals surface area contributed by atoms with E-state index in [2.05, 4.69) is 4.98 Å². The van der Waals surface area contributed by atoms with Gasteiger partial charge in [-0.3, -0.25) is 4.79 Å². The van der Waals surface area contributed by atoms with E-state index in [0.29, 0.717) is 17.1 Å². The van der Waals surface area contributed by atoms with Gasteiger partial charge in [-0.2, -0.15) is 0 Å². The molecule has 1 atom stereocenters. The number of hydrogen-bond donors (Lipinski definition) is 1. The maximum Gasteiger partial charge on any atom is 0.304 e. The zero-order valence-electron chi connectivity index (χ0n) is 17.6. The van der Waals surface area contributed by atoms with Crippen molar-refractivity contribution in [2.24, 2.45) is 0 Å². The Morgan fingerprint density at radius 1 is 1.23 bits per heavy atom. The van der Waals surface area contributed by atoms with Crippen molar-refractivity contribution in [1.29, 1.82) is 0 Å². The molecule has 8 heteroatoms. The fourth-order valence-corrected chi connectivity index (χ4v) is 5.88. The number of carboxylic acid groups (broad SMARTS) is 1. The molecule has 6 nitrogen and oxygen atoms in total. The van der Waals surface area contributed by atoms with E-state index in [1.807, 2.05) is 29.7 Å². The third kappa shape index (κ3) is 4.08. The van der Waals surface area contributed by atoms with Gasteiger partial charge < -0.3 is 9.67 Å². The van der Waals surface area contributed by atoms with Crippen LogP contribution in [0.4, 0.5) is 0 Å². The first-order valence-electron chi connectivity index (χ1n) is 10.3. The van der Waals surface area contributed by atoms with Crippen molar-refractivity contribution in [3.63, 3.8) is 0 Å². The van der Waals surface area contributed by atoms with E-state index in [9.17, 15) is 18.3 Å². The van der Waals surface area contributed by atoms with Gasteiger partial charge in [-0.15, -0.1) is 0 Å². The highest BCUT2D eigenvalue weighted by Gasteiger charge is 2.38. The molecular formula is C23H25ClN2O4S. The minimum Gasteiger partial charge on any atom is -0.481 e. The van der Waals surface area contributed by atoms with E-state index in [1.165, 1.54) is 6.20 Å². The van der Waals surface area contributed by atoms with Gasteiger partial charge in [-0.25, -0.2) is 13.4 Å². The monoisotopic (exact) mass is 460 g/mol. The second kappa shape index (κ2) is 7.95. The van der Waals surface area contributed by atoms with Gasteiger partial charge in [0.2, 0.25) is 0 Å². The highest BCUT2D eigenvalue weighted by atomic mass is 35.5. The van der Waals surface area contributed by atoms with Gasteiger partial charge in [0.15, 0.2) is 14.9 Å². The SMILES string of the molecule is CC1(CC(=O)O)CCCCc2c1n(Cc1ccc(Cl)cc1)c1c(S(C)(=O)=O)nccc21. The molecule has 0 amide bonds. The topological polar surface area (TPSA) is 89.3 Å². The van der Waals surface area contributed by atoms with Crippen molar-refractivity contribution in [2.75, 3.05) is 6.26 Å². The highest BCUT2D eigenvalue weighted by molar-refractivity contribution is 7.90. The minimum atomic E-state index is -3.59. The molecule has 164 valence electrons. The van der Waals surface area contributed by atoms with E-state index in [4.69, 9.17) is 11.6 Å². The summed E-state index contributed by atoms with van der Waals surface area (Å²) < 4.78 is 27.2. The quantitative estimate of drug-likeness (QED) is 0.562. The van der Waals surface area contributed by atoms with Gasteiger partial charge >= 0.3 is 5.97 Å². The standard InChI is InChI=1S/C23H25ClN2O4S/c1-23(13-19(27)28)11-4-3-5-18-17-10-12-25-22(31(2,29)30)20(17)26(21(18)23)14-15-6-8-16(24)9-7-15/h6-10,12H,3-5,11,13-14H2,1-2H3,(H,27,28). The lowest BCUT2D eigenvalue weighted by atomic mass is 9.78. The van der Waals surface area contributed by atoms with Gasteiger partial charge in [0.25, 0.3) is 0 Å². The molecule has 0 radical (unpaired) electrons. The second-order valence-electron chi connectivity index (χ2n) is 8.66. The van der Waals surface area contributed by atoms with Gasteiger partial charge in [-0.1, -0.05) is 37.1 Å². The summed E-state index contributed by atoms with van der Waals surface area (Å²) in [6.07, 6.45) is 6.04. The Morgan fingerprint density at radius 2 is 1.94 bits per heavy atom. The van der Waals surface area contributed by atoms with Crippen molar-refractivity contribution in [1.82, 2.24) is 9.55 Å². The van der Waals surface area contributed by atoms with Crippen LogP contribution < -0.4 is 0 Å². The molecule has 3 aromatic rings. The van der Waals surface area contributed by atoms with E-state index >= 15 is 0 Å². The Kier molecular flexibility index (Phi) is 5.60. The normalized spacial score (nSPS) is 19.2. The Balaban J connectivity index is 2.08. The van der Waals surface area contributed by atoms with Gasteiger partial charge in [0, 0.05) is 40.5 Å². The molecule has 1 N–H and O–H groups in total. The maximum absolute atomic E-state index is 12.6. The molecule has 1 unspecified atom stereocenters. The van der Waals surface area contributed by atoms with E-state index in [-0.39, 0.29) is 11.4 Å². The zero-order chi connectivity index (χ0) is 22.4. The summed E-state index contributed by atoms with van der Waals surface area (Å²) in [6, 6.07) is 9.26. The molecular weight excluding hydrogens is 436 g/mol. The number of aryl methyl sites for hydroxylation is 1. The molecule has 31 heavy (non-hydrogen) atoms. The summed E-state index contributed by atoms with van der Waals surface area (Å²) in [5, 5.41) is 11.2. The number of rotatable bonds is 5. The average Bonchev–Trinajstić information content (AvgIpc) is 2.89. The number of aromatic nitrogens is 2. The number of carboxylic acids is 1. The maximum atomic E-state index is 12.6. The summed E-state index contributed by atoms with van der Waals surface area (Å²) >= 11 is 6.05. The number of benzene rings is 1. The number of hydrogen-bond acceptors (Lipinski definition) is 4. The molecule has 1 aromatic carbocycles. The van der Waals surface area contributed by atoms with Crippen molar-refractivity contribution in [2.45, 2.75) is 56.0 Å². The van der Waals surface area contributed by atoms with Crippen LogP contribution in [0.3, 0.4) is 0 Å². The van der Waals surface area contributed by atoms with Crippen LogP contribution >= 0.6 is 11.6 Å². The summed E-state index contributed by atoms with van der Waals surface area (Å²) in [6.45, 7) is 2.39. The van der Waals surface area contributed by atoms with Crippen molar-refractivity contribution < 1.29 is 18.3 Å². The number of aliphatic carboxylic acids is 1. The fraction of sp³-hybridized carbons (Fsp3) is 0.391. The third-order valence-electron chi connectivity index (χ3n) is 6.17. The number of fused-ring (bicyclic) bond motifs is 3. The Morgan fingerprint density at radius 3 is 2.58 bits per heavy atom. The molecule has 4 rings (SSSR count). The minimum absolute atomic E-state index is 0.0153. The van der Waals surface area contributed by atoms with E-state index < -0.39 is 21.2 Å². The van der Waals surface area contributed by atoms with Gasteiger partial charge in [0.05, 0.1) is 11.9 Å². The zero-order valence-corrected chi connectivity index (χ0v) is 19.1. The highest BCUT2D eigenvalue weighted by Crippen LogP contribution is 2.44. The molecule has 0 spiro atoms. The van der Waals surface area contributed by atoms with Crippen LogP contribution in [0.2, 0.25) is 5.02 Å². The molecule has 1 aliphatic rings. The van der Waals surface area contributed by atoms with Crippen molar-refractivity contribution in [3.05, 3.63) is 58.4 Å². The number of sulfone groups is 1. The Bertz CT molecular complexity index is 1260. The Hall–Kier alpha value is -2.38. The average molecular weight is 461 g/mol. The van der Waals surface area contributed by atoms with Crippen LogP contribution in [0.15, 0.2) is 41.6 Å². The summed E-state index contributed by atoms with van der Waals surface area (Å²) in [5.41, 5.74) is 2.85. The Labute approximate surface area is 186 Å². The van der Waals surface area contributed by atoms with Crippen LogP contribution in [0.1, 0.15) is 49.4 Å². The summed E-state index contributed by atoms with van der Waals surface area (Å²) in [5.74, 6) is -0.861. The molecule has 2 aromatic heterocycles. The van der Waals surface area contributed by atoms with Crippen LogP contribution in [-0.4, -0.2) is 35.3 Å². The molecule has 0 fully saturated rings. The number of carbonyl (C=O) groups is 1. The van der Waals surface area contributed by atoms with Gasteiger partial charge in [-0.05, 0) is 48.6 Å². The van der Waals surface area contributed by atoms with E-state index in [0.717, 1.165) is 54.1 Å². The predicted octanol–water partition coefficient (Wildman–Crippen LogP) is 4.60. The van der Waals surface area contributed by atoms with Crippen molar-refractivity contribution in [3.8, 4) is 0 Å². The molecule has 0 aliphatic heterocycles. The summed E-state index contributed by atoms with van der Waals surface area (Å²) in [4.78, 5) is 16.0. The number of halogens is 1. The largest absolute Gasteiger partial charge is 0.481 e. The first-order valence-corrected chi connectivity index (χ1v) is 12.5. The fourth-order valence-electron chi connectivity index (χ4n) is 4.93. The lowest BCUT2D eigenvalue weighted by Gasteiger charge is -2.30. The molecule has 0 bridgehead atoms. The van der Waals surface area contributed by atoms with E-state index in [1.54, 1.807) is 12.1 Å². The first kappa shape index (κ1) is 21.8. The lowest BCUT2D eigenvalue weighted by Crippen LogP contribution is -2.29. The molecule has 0 saturated heterocycles. The van der Waals surface area contributed by atoms with Gasteiger partial charge in [0.1, 0.15) is 0 Å². The molecule has 0 saturated carbocycles. The van der Waals surface area contributed by atoms with Crippen molar-refractivity contribution >= 4 is 38.3 Å². The van der Waals surface area contributed by atoms with Crippen LogP contribution in [0.5, 0.6) is 0 Å². The smallest absolute Gasteiger partial charge is 0.304 e. The second-order valence-corrected chi connectivity index (χ2v) is 11.0. The molecule has 2 heterocycles. The first-order chi connectivity index (χ1) is 14.6. The van der Waals surface area contributed by atoms with Crippen LogP contribution in [0.25, 0.3) is 10.9 Å². The number of nitrogens with zero attached hydrogens (tertiary/aromatic N) is 2. The predicted molar refractivity (Wildman–Crippen MR) is 121 cm³/mol. The molecule has 1 aliphatic carbocycles. The number of pyridine rings is 1. The van der Waals surface area contributed by atoms with Crippen LogP contribution in [0, 0.1) is 0 Å². The lowest BCUT2D eigenvalue weighted by molar-refractivity contribution is -0.138. The third-order valence-corrected chi connectivity index (χ3v) is 7.42.